The Balaban J connectivity index is 0.00000338. The van der Waals surface area contributed by atoms with Crippen LogP contribution in [0.5, 0.6) is 0 Å². The minimum absolute atomic E-state index is 0. The highest BCUT2D eigenvalue weighted by Crippen LogP contribution is 2.15. The van der Waals surface area contributed by atoms with E-state index in [-0.39, 0.29) is 35.8 Å². The molecule has 0 radical (unpaired) electrons. The van der Waals surface area contributed by atoms with Crippen LogP contribution in [0.15, 0.2) is 29.4 Å². The van der Waals surface area contributed by atoms with Crippen molar-refractivity contribution in [3.63, 3.8) is 0 Å². The molecule has 0 bridgehead atoms. The number of piperidine rings is 1. The number of hydrogen-bond donors (Lipinski definition) is 3. The van der Waals surface area contributed by atoms with Crippen LogP contribution in [-0.4, -0.2) is 61.5 Å². The van der Waals surface area contributed by atoms with E-state index < -0.39 is 0 Å². The Kier molecular flexibility index (Phi) is 11.2. The molecule has 26 heavy (non-hydrogen) atoms. The molecule has 146 valence electrons. The zero-order chi connectivity index (χ0) is 17.9. The molecule has 1 aromatic heterocycles. The summed E-state index contributed by atoms with van der Waals surface area (Å²) in [5.74, 6) is 0.660. The number of primary amides is 1. The van der Waals surface area contributed by atoms with Crippen LogP contribution in [0.4, 0.5) is 0 Å². The molecule has 1 saturated heterocycles. The fraction of sp³-hybridized carbons (Fsp3) is 0.611. The van der Waals surface area contributed by atoms with E-state index in [2.05, 4.69) is 25.5 Å². The third-order valence-electron chi connectivity index (χ3n) is 4.47. The molecule has 1 aliphatic heterocycles. The van der Waals surface area contributed by atoms with Crippen molar-refractivity contribution in [2.24, 2.45) is 16.6 Å². The Hall–Kier alpha value is -1.42. The number of hydrogen-bond acceptors (Lipinski definition) is 4. The topological polar surface area (TPSA) is 95.6 Å². The Morgan fingerprint density at radius 3 is 2.88 bits per heavy atom. The maximum Gasteiger partial charge on any atom is 0.221 e. The summed E-state index contributed by atoms with van der Waals surface area (Å²) in [4.78, 5) is 22.2. The molecule has 0 aliphatic carbocycles. The van der Waals surface area contributed by atoms with Gasteiger partial charge in [0.25, 0.3) is 0 Å². The average Bonchev–Trinajstić information content (AvgIpc) is 2.64. The number of aromatic nitrogens is 1. The second-order valence-electron chi connectivity index (χ2n) is 6.39. The fourth-order valence-corrected chi connectivity index (χ4v) is 3.08. The largest absolute Gasteiger partial charge is 0.369 e. The minimum Gasteiger partial charge on any atom is -0.369 e. The number of pyridine rings is 1. The average molecular weight is 474 g/mol. The van der Waals surface area contributed by atoms with E-state index in [9.17, 15) is 4.79 Å². The van der Waals surface area contributed by atoms with Crippen molar-refractivity contribution < 1.29 is 4.79 Å². The van der Waals surface area contributed by atoms with Gasteiger partial charge in [-0.15, -0.1) is 24.0 Å². The standard InChI is InChI=1S/C18H30N6O.HI/c1-20-18(23-11-8-16-7-2-3-9-21-16)22-10-5-13-24-12-4-6-15(14-24)17(19)25;/h2-3,7,9,15H,4-6,8,10-14H2,1H3,(H2,19,25)(H2,20,22,23);1H. The van der Waals surface area contributed by atoms with Gasteiger partial charge in [0.15, 0.2) is 5.96 Å². The van der Waals surface area contributed by atoms with E-state index >= 15 is 0 Å². The Bertz CT molecular complexity index is 554. The molecule has 0 spiro atoms. The number of aliphatic imine (C=N–C) groups is 1. The molecular formula is C18H31IN6O. The summed E-state index contributed by atoms with van der Waals surface area (Å²) in [6, 6.07) is 5.94. The summed E-state index contributed by atoms with van der Waals surface area (Å²) in [5, 5.41) is 6.63. The first-order valence-corrected chi connectivity index (χ1v) is 9.05. The molecule has 1 atom stereocenters. The molecule has 1 unspecified atom stereocenters. The van der Waals surface area contributed by atoms with Gasteiger partial charge in [-0.2, -0.15) is 0 Å². The molecule has 2 heterocycles. The SMILES string of the molecule is CN=C(NCCCN1CCCC(C(N)=O)C1)NCCc1ccccn1.I. The van der Waals surface area contributed by atoms with Crippen molar-refractivity contribution in [1.82, 2.24) is 20.5 Å². The molecule has 1 aromatic rings. The number of amides is 1. The lowest BCUT2D eigenvalue weighted by molar-refractivity contribution is -0.123. The van der Waals surface area contributed by atoms with Gasteiger partial charge in [0.2, 0.25) is 5.91 Å². The van der Waals surface area contributed by atoms with Crippen molar-refractivity contribution in [1.29, 1.82) is 0 Å². The monoisotopic (exact) mass is 474 g/mol. The van der Waals surface area contributed by atoms with Crippen molar-refractivity contribution in [3.8, 4) is 0 Å². The van der Waals surface area contributed by atoms with Gasteiger partial charge in [0, 0.05) is 45.0 Å². The van der Waals surface area contributed by atoms with E-state index in [0.29, 0.717) is 0 Å². The van der Waals surface area contributed by atoms with Crippen LogP contribution in [-0.2, 0) is 11.2 Å². The number of rotatable bonds is 8. The third-order valence-corrected chi connectivity index (χ3v) is 4.47. The summed E-state index contributed by atoms with van der Waals surface area (Å²) in [6.07, 6.45) is 5.66. The molecule has 0 saturated carbocycles. The molecular weight excluding hydrogens is 443 g/mol. The van der Waals surface area contributed by atoms with E-state index in [0.717, 1.165) is 70.1 Å². The van der Waals surface area contributed by atoms with Gasteiger partial charge >= 0.3 is 0 Å². The lowest BCUT2D eigenvalue weighted by Crippen LogP contribution is -2.43. The molecule has 1 amide bonds. The van der Waals surface area contributed by atoms with Gasteiger partial charge in [-0.05, 0) is 44.5 Å². The second-order valence-corrected chi connectivity index (χ2v) is 6.39. The quantitative estimate of drug-likeness (QED) is 0.226. The number of carbonyl (C=O) groups excluding carboxylic acids is 1. The molecule has 1 aliphatic rings. The zero-order valence-corrected chi connectivity index (χ0v) is 17.8. The molecule has 1 fully saturated rings. The van der Waals surface area contributed by atoms with Crippen LogP contribution >= 0.6 is 24.0 Å². The Morgan fingerprint density at radius 1 is 1.38 bits per heavy atom. The van der Waals surface area contributed by atoms with Crippen molar-refractivity contribution in [2.75, 3.05) is 39.8 Å². The number of nitrogens with two attached hydrogens (primary N) is 1. The van der Waals surface area contributed by atoms with E-state index in [4.69, 9.17) is 5.73 Å². The molecule has 2 rings (SSSR count). The highest BCUT2D eigenvalue weighted by molar-refractivity contribution is 14.0. The zero-order valence-electron chi connectivity index (χ0n) is 15.5. The first-order chi connectivity index (χ1) is 12.2. The number of nitrogens with zero attached hydrogens (tertiary/aromatic N) is 3. The van der Waals surface area contributed by atoms with Gasteiger partial charge < -0.3 is 21.3 Å². The lowest BCUT2D eigenvalue weighted by atomic mass is 9.97. The molecule has 4 N–H and O–H groups in total. The Labute approximate surface area is 173 Å². The first kappa shape index (κ1) is 22.6. The minimum atomic E-state index is -0.166. The third kappa shape index (κ3) is 8.31. The van der Waals surface area contributed by atoms with Crippen LogP contribution in [0.2, 0.25) is 0 Å². The molecule has 0 aromatic carbocycles. The van der Waals surface area contributed by atoms with Crippen molar-refractivity contribution >= 4 is 35.8 Å². The van der Waals surface area contributed by atoms with Crippen LogP contribution in [0.25, 0.3) is 0 Å². The second kappa shape index (κ2) is 12.9. The number of likely N-dealkylation sites (tertiary alicyclic amines) is 1. The predicted octanol–water partition coefficient (Wildman–Crippen LogP) is 0.995. The number of halogens is 1. The number of carbonyl (C=O) groups is 1. The van der Waals surface area contributed by atoms with E-state index in [1.807, 2.05) is 24.4 Å². The van der Waals surface area contributed by atoms with Crippen LogP contribution in [0.3, 0.4) is 0 Å². The van der Waals surface area contributed by atoms with Gasteiger partial charge in [-0.1, -0.05) is 6.07 Å². The summed E-state index contributed by atoms with van der Waals surface area (Å²) in [5.41, 5.74) is 6.49. The maximum atomic E-state index is 11.3. The highest BCUT2D eigenvalue weighted by atomic mass is 127. The Morgan fingerprint density at radius 2 is 2.19 bits per heavy atom. The van der Waals surface area contributed by atoms with Crippen LogP contribution < -0.4 is 16.4 Å². The van der Waals surface area contributed by atoms with Gasteiger partial charge in [-0.3, -0.25) is 14.8 Å². The normalized spacial score (nSPS) is 18.0. The van der Waals surface area contributed by atoms with Crippen LogP contribution in [0, 0.1) is 5.92 Å². The maximum absolute atomic E-state index is 11.3. The van der Waals surface area contributed by atoms with Crippen molar-refractivity contribution in [2.45, 2.75) is 25.7 Å². The lowest BCUT2D eigenvalue weighted by Gasteiger charge is -2.31. The summed E-state index contributed by atoms with van der Waals surface area (Å²) < 4.78 is 0. The van der Waals surface area contributed by atoms with Gasteiger partial charge in [0.05, 0.1) is 5.92 Å². The first-order valence-electron chi connectivity index (χ1n) is 9.05. The van der Waals surface area contributed by atoms with E-state index in [1.165, 1.54) is 0 Å². The fourth-order valence-electron chi connectivity index (χ4n) is 3.08. The number of nitrogens with one attached hydrogen (secondary N) is 2. The summed E-state index contributed by atoms with van der Waals surface area (Å²) in [6.45, 7) is 4.47. The van der Waals surface area contributed by atoms with Gasteiger partial charge in [0.1, 0.15) is 0 Å². The van der Waals surface area contributed by atoms with Crippen LogP contribution in [0.1, 0.15) is 25.0 Å². The predicted molar refractivity (Wildman–Crippen MR) is 116 cm³/mol. The van der Waals surface area contributed by atoms with Gasteiger partial charge in [-0.25, -0.2) is 0 Å². The number of guanidine groups is 1. The molecule has 8 heteroatoms. The molecule has 7 nitrogen and oxygen atoms in total. The summed E-state index contributed by atoms with van der Waals surface area (Å²) >= 11 is 0. The van der Waals surface area contributed by atoms with Crippen molar-refractivity contribution in [3.05, 3.63) is 30.1 Å². The summed E-state index contributed by atoms with van der Waals surface area (Å²) in [7, 11) is 1.78. The van der Waals surface area contributed by atoms with E-state index in [1.54, 1.807) is 7.05 Å². The highest BCUT2D eigenvalue weighted by Gasteiger charge is 2.23. The smallest absolute Gasteiger partial charge is 0.221 e.